The van der Waals surface area contributed by atoms with E-state index in [1.54, 1.807) is 0 Å². The van der Waals surface area contributed by atoms with Crippen LogP contribution in [0.3, 0.4) is 0 Å². The van der Waals surface area contributed by atoms with Gasteiger partial charge in [-0.05, 0) is 31.6 Å². The van der Waals surface area contributed by atoms with Crippen LogP contribution in [0.2, 0.25) is 0 Å². The minimum Gasteiger partial charge on any atom is -0.341 e. The second-order valence-electron chi connectivity index (χ2n) is 8.48. The molecule has 1 aliphatic carbocycles. The molecule has 5 nitrogen and oxygen atoms in total. The van der Waals surface area contributed by atoms with Crippen LogP contribution in [0.15, 0.2) is 24.0 Å². The molecule has 2 unspecified atom stereocenters. The lowest BCUT2D eigenvalue weighted by Crippen LogP contribution is -2.37. The van der Waals surface area contributed by atoms with Crippen molar-refractivity contribution in [2.45, 2.75) is 40.7 Å². The summed E-state index contributed by atoms with van der Waals surface area (Å²) >= 11 is 0. The number of carbonyl (C=O) groups excluding carboxylic acids is 1. The summed E-state index contributed by atoms with van der Waals surface area (Å²) in [4.78, 5) is 22.0. The van der Waals surface area contributed by atoms with Gasteiger partial charge in [0.15, 0.2) is 0 Å². The summed E-state index contributed by atoms with van der Waals surface area (Å²) < 4.78 is 2.07. The Hall–Kier alpha value is -1.62. The molecule has 2 fully saturated rings. The fourth-order valence-corrected chi connectivity index (χ4v) is 4.11. The summed E-state index contributed by atoms with van der Waals surface area (Å²) in [7, 11) is 2.04. The fourth-order valence-electron chi connectivity index (χ4n) is 4.11. The van der Waals surface area contributed by atoms with Crippen LogP contribution < -0.4 is 0 Å². The van der Waals surface area contributed by atoms with Gasteiger partial charge < -0.3 is 9.47 Å². The third-order valence-corrected chi connectivity index (χ3v) is 5.88. The molecular formula is C20H32N4O. The number of allylic oxidation sites excluding steroid dienone is 2. The Morgan fingerprint density at radius 2 is 2.04 bits per heavy atom. The Balaban J connectivity index is 1.59. The Morgan fingerprint density at radius 3 is 2.68 bits per heavy atom. The van der Waals surface area contributed by atoms with E-state index in [1.165, 1.54) is 5.57 Å². The van der Waals surface area contributed by atoms with Gasteiger partial charge in [0.05, 0.1) is 12.5 Å². The summed E-state index contributed by atoms with van der Waals surface area (Å²) in [6.45, 7) is 13.2. The molecule has 0 N–H and O–H groups in total. The summed E-state index contributed by atoms with van der Waals surface area (Å²) in [5.41, 5.74) is 1.42. The number of hydrogen-bond donors (Lipinski definition) is 0. The average molecular weight is 345 g/mol. The zero-order chi connectivity index (χ0) is 18.2. The van der Waals surface area contributed by atoms with E-state index in [0.717, 1.165) is 45.0 Å². The van der Waals surface area contributed by atoms with E-state index in [-0.39, 0.29) is 11.3 Å². The minimum atomic E-state index is 0.104. The normalized spacial score (nSPS) is 26.2. The monoisotopic (exact) mass is 344 g/mol. The van der Waals surface area contributed by atoms with E-state index >= 15 is 0 Å². The maximum absolute atomic E-state index is 13.1. The standard InChI is InChI=1S/C20H32N4O/c1-15(2)13-16-18(20(16,3)4)19(25)24-9-6-8-23(11-12-24)14-17-21-7-10-22(17)5/h7,10,13,16,18H,6,8-9,11-12,14H2,1-5H3. The highest BCUT2D eigenvalue weighted by Crippen LogP contribution is 2.60. The highest BCUT2D eigenvalue weighted by Gasteiger charge is 2.61. The Labute approximate surface area is 151 Å². The van der Waals surface area contributed by atoms with Crippen molar-refractivity contribution < 1.29 is 4.79 Å². The van der Waals surface area contributed by atoms with E-state index < -0.39 is 0 Å². The van der Waals surface area contributed by atoms with Crippen molar-refractivity contribution in [3.8, 4) is 0 Å². The lowest BCUT2D eigenvalue weighted by Gasteiger charge is -2.22. The van der Waals surface area contributed by atoms with Gasteiger partial charge in [-0.15, -0.1) is 0 Å². The minimum absolute atomic E-state index is 0.104. The van der Waals surface area contributed by atoms with E-state index in [4.69, 9.17) is 0 Å². The molecule has 25 heavy (non-hydrogen) atoms. The molecule has 138 valence electrons. The number of aryl methyl sites for hydroxylation is 1. The molecule has 3 rings (SSSR count). The Morgan fingerprint density at radius 1 is 1.28 bits per heavy atom. The Bertz CT molecular complexity index is 656. The van der Waals surface area contributed by atoms with Crippen molar-refractivity contribution >= 4 is 5.91 Å². The summed E-state index contributed by atoms with van der Waals surface area (Å²) in [6, 6.07) is 0. The van der Waals surface area contributed by atoms with Gasteiger partial charge in [-0.25, -0.2) is 4.98 Å². The molecule has 2 atom stereocenters. The van der Waals surface area contributed by atoms with Crippen molar-refractivity contribution in [1.29, 1.82) is 0 Å². The molecule has 1 saturated heterocycles. The number of imidazole rings is 1. The molecule has 2 heterocycles. The molecule has 1 aliphatic heterocycles. The highest BCUT2D eigenvalue weighted by molar-refractivity contribution is 5.83. The molecule has 0 radical (unpaired) electrons. The second-order valence-corrected chi connectivity index (χ2v) is 8.48. The van der Waals surface area contributed by atoms with Crippen molar-refractivity contribution in [2.75, 3.05) is 26.2 Å². The zero-order valence-electron chi connectivity index (χ0n) is 16.3. The third kappa shape index (κ3) is 3.81. The maximum atomic E-state index is 13.1. The van der Waals surface area contributed by atoms with Crippen LogP contribution in [-0.2, 0) is 18.4 Å². The van der Waals surface area contributed by atoms with E-state index in [0.29, 0.717) is 11.8 Å². The molecule has 1 amide bonds. The lowest BCUT2D eigenvalue weighted by atomic mass is 10.1. The molecular weight excluding hydrogens is 312 g/mol. The first-order valence-electron chi connectivity index (χ1n) is 9.43. The smallest absolute Gasteiger partial charge is 0.226 e. The predicted octanol–water partition coefficient (Wildman–Crippen LogP) is 2.69. The number of carbonyl (C=O) groups is 1. The Kier molecular flexibility index (Phi) is 5.05. The van der Waals surface area contributed by atoms with Crippen LogP contribution in [0.5, 0.6) is 0 Å². The van der Waals surface area contributed by atoms with Gasteiger partial charge in [0.25, 0.3) is 0 Å². The number of hydrogen-bond acceptors (Lipinski definition) is 3. The molecule has 0 spiro atoms. The molecule has 0 aromatic carbocycles. The van der Waals surface area contributed by atoms with Gasteiger partial charge >= 0.3 is 0 Å². The van der Waals surface area contributed by atoms with Crippen LogP contribution in [-0.4, -0.2) is 51.4 Å². The van der Waals surface area contributed by atoms with Gasteiger partial charge in [-0.1, -0.05) is 25.5 Å². The first-order chi connectivity index (χ1) is 11.8. The molecule has 1 aromatic heterocycles. The van der Waals surface area contributed by atoms with Gasteiger partial charge in [0.2, 0.25) is 5.91 Å². The first kappa shape index (κ1) is 18.2. The van der Waals surface area contributed by atoms with E-state index in [1.807, 2.05) is 19.4 Å². The zero-order valence-corrected chi connectivity index (χ0v) is 16.3. The third-order valence-electron chi connectivity index (χ3n) is 5.88. The van der Waals surface area contributed by atoms with Gasteiger partial charge in [0.1, 0.15) is 5.82 Å². The number of nitrogens with zero attached hydrogens (tertiary/aromatic N) is 4. The molecule has 2 aliphatic rings. The van der Waals surface area contributed by atoms with Gasteiger partial charge in [-0.3, -0.25) is 9.69 Å². The van der Waals surface area contributed by atoms with Crippen LogP contribution >= 0.6 is 0 Å². The van der Waals surface area contributed by atoms with Gasteiger partial charge in [-0.2, -0.15) is 0 Å². The van der Waals surface area contributed by atoms with Gasteiger partial charge in [0, 0.05) is 45.6 Å². The topological polar surface area (TPSA) is 41.4 Å². The number of amides is 1. The van der Waals surface area contributed by atoms with Crippen LogP contribution in [0.1, 0.15) is 39.9 Å². The first-order valence-corrected chi connectivity index (χ1v) is 9.43. The molecule has 5 heteroatoms. The number of rotatable bonds is 4. The average Bonchev–Trinajstić information content (AvgIpc) is 2.96. The van der Waals surface area contributed by atoms with Crippen LogP contribution in [0.4, 0.5) is 0 Å². The van der Waals surface area contributed by atoms with Crippen molar-refractivity contribution in [2.24, 2.45) is 24.3 Å². The number of aromatic nitrogens is 2. The SMILES string of the molecule is CC(C)=CC1C(C(=O)N2CCCN(Cc3nccn3C)CC2)C1(C)C. The fraction of sp³-hybridized carbons (Fsp3) is 0.700. The van der Waals surface area contributed by atoms with E-state index in [9.17, 15) is 4.79 Å². The van der Waals surface area contributed by atoms with Crippen molar-refractivity contribution in [3.05, 3.63) is 29.9 Å². The van der Waals surface area contributed by atoms with Crippen LogP contribution in [0.25, 0.3) is 0 Å². The second kappa shape index (κ2) is 6.94. The molecule has 1 aromatic rings. The summed E-state index contributed by atoms with van der Waals surface area (Å²) in [5.74, 6) is 2.00. The summed E-state index contributed by atoms with van der Waals surface area (Å²) in [5, 5.41) is 0. The lowest BCUT2D eigenvalue weighted by molar-refractivity contribution is -0.133. The maximum Gasteiger partial charge on any atom is 0.226 e. The molecule has 0 bridgehead atoms. The summed E-state index contributed by atoms with van der Waals surface area (Å²) in [6.07, 6.45) is 7.16. The largest absolute Gasteiger partial charge is 0.341 e. The quantitative estimate of drug-likeness (QED) is 0.789. The van der Waals surface area contributed by atoms with Crippen molar-refractivity contribution in [3.63, 3.8) is 0 Å². The molecule has 1 saturated carbocycles. The highest BCUT2D eigenvalue weighted by atomic mass is 16.2. The van der Waals surface area contributed by atoms with Crippen LogP contribution in [0, 0.1) is 17.3 Å². The predicted molar refractivity (Wildman–Crippen MR) is 99.9 cm³/mol. The van der Waals surface area contributed by atoms with E-state index in [2.05, 4.69) is 53.1 Å². The van der Waals surface area contributed by atoms with Crippen molar-refractivity contribution in [1.82, 2.24) is 19.4 Å².